The molecular weight excluding hydrogens is 211 g/mol. The second-order valence-electron chi connectivity index (χ2n) is 2.88. The number of carbonyl (C=O) groups is 1. The Hall–Kier alpha value is -0.680. The predicted molar refractivity (Wildman–Crippen MR) is 48.7 cm³/mol. The maximum atomic E-state index is 10.8. The smallest absolute Gasteiger partial charge is 0.333 e. The Balaban J connectivity index is 3.86. The number of rotatable bonds is 5. The molecule has 0 saturated carbocycles. The topological polar surface area (TPSA) is 104 Å². The van der Waals surface area contributed by atoms with E-state index in [1.165, 1.54) is 6.92 Å². The number of carbonyl (C=O) groups excluding carboxylic acids is 1. The van der Waals surface area contributed by atoms with Crippen LogP contribution >= 0.6 is 7.60 Å². The number of aliphatic hydroxyl groups is 1. The highest BCUT2D eigenvalue weighted by Crippen LogP contribution is 2.34. The fraction of sp³-hybridized carbons (Fsp3) is 0.571. The fourth-order valence-corrected chi connectivity index (χ4v) is 1.28. The van der Waals surface area contributed by atoms with Crippen molar-refractivity contribution in [1.29, 1.82) is 0 Å². The van der Waals surface area contributed by atoms with Crippen molar-refractivity contribution in [1.82, 2.24) is 0 Å². The molecule has 0 heterocycles. The minimum Gasteiger partial charge on any atom is -0.460 e. The summed E-state index contributed by atoms with van der Waals surface area (Å²) in [6, 6.07) is 0. The molecule has 6 nitrogen and oxygen atoms in total. The highest BCUT2D eigenvalue weighted by atomic mass is 31.2. The van der Waals surface area contributed by atoms with E-state index in [0.717, 1.165) is 0 Å². The normalized spacial score (nSPS) is 13.4. The average molecular weight is 224 g/mol. The largest absolute Gasteiger partial charge is 0.460 e. The summed E-state index contributed by atoms with van der Waals surface area (Å²) >= 11 is 0. The molecule has 0 aliphatic heterocycles. The molecule has 0 rings (SSSR count). The van der Waals surface area contributed by atoms with E-state index in [1.807, 2.05) is 0 Å². The van der Waals surface area contributed by atoms with Crippen LogP contribution in [0.4, 0.5) is 0 Å². The zero-order chi connectivity index (χ0) is 11.4. The molecule has 0 aromatic carbocycles. The maximum absolute atomic E-state index is 10.8. The van der Waals surface area contributed by atoms with Crippen molar-refractivity contribution in [3.63, 3.8) is 0 Å². The molecule has 3 N–H and O–H groups in total. The molecule has 0 spiro atoms. The molecule has 1 unspecified atom stereocenters. The molecule has 0 amide bonds. The summed E-state index contributed by atoms with van der Waals surface area (Å²) in [5.74, 6) is -0.699. The van der Waals surface area contributed by atoms with Gasteiger partial charge in [-0.25, -0.2) is 4.79 Å². The minimum atomic E-state index is -4.27. The first-order valence-electron chi connectivity index (χ1n) is 3.77. The van der Waals surface area contributed by atoms with Crippen molar-refractivity contribution in [3.05, 3.63) is 12.2 Å². The van der Waals surface area contributed by atoms with E-state index in [-0.39, 0.29) is 5.57 Å². The summed E-state index contributed by atoms with van der Waals surface area (Å²) in [6.07, 6.45) is -2.09. The second kappa shape index (κ2) is 5.26. The highest BCUT2D eigenvalue weighted by Gasteiger charge is 2.20. The Bertz CT molecular complexity index is 267. The molecule has 0 aliphatic carbocycles. The van der Waals surface area contributed by atoms with Crippen LogP contribution in [0.5, 0.6) is 0 Å². The van der Waals surface area contributed by atoms with Gasteiger partial charge in [-0.3, -0.25) is 4.57 Å². The van der Waals surface area contributed by atoms with Crippen molar-refractivity contribution in [2.45, 2.75) is 13.0 Å². The summed E-state index contributed by atoms with van der Waals surface area (Å²) in [6.45, 7) is 4.28. The zero-order valence-electron chi connectivity index (χ0n) is 7.71. The molecule has 0 bridgehead atoms. The van der Waals surface area contributed by atoms with E-state index in [0.29, 0.717) is 0 Å². The third-order valence-corrected chi connectivity index (χ3v) is 2.10. The first-order chi connectivity index (χ1) is 6.22. The van der Waals surface area contributed by atoms with Gasteiger partial charge in [0.1, 0.15) is 6.61 Å². The van der Waals surface area contributed by atoms with Crippen molar-refractivity contribution in [2.75, 3.05) is 12.8 Å². The van der Waals surface area contributed by atoms with Gasteiger partial charge in [-0.1, -0.05) is 6.58 Å². The highest BCUT2D eigenvalue weighted by molar-refractivity contribution is 7.51. The summed E-state index contributed by atoms with van der Waals surface area (Å²) in [5.41, 5.74) is 0.161. The van der Waals surface area contributed by atoms with E-state index >= 15 is 0 Å². The van der Waals surface area contributed by atoms with Crippen LogP contribution in [-0.2, 0) is 14.1 Å². The summed E-state index contributed by atoms with van der Waals surface area (Å²) in [5, 5.41) is 9.02. The molecule has 1 atom stereocenters. The molecule has 0 fully saturated rings. The molecule has 14 heavy (non-hydrogen) atoms. The molecule has 0 aliphatic rings. The van der Waals surface area contributed by atoms with Crippen LogP contribution in [0, 0.1) is 0 Å². The number of hydrogen-bond donors (Lipinski definition) is 3. The van der Waals surface area contributed by atoms with Crippen LogP contribution in [0.3, 0.4) is 0 Å². The van der Waals surface area contributed by atoms with Gasteiger partial charge in [-0.15, -0.1) is 0 Å². The van der Waals surface area contributed by atoms with Crippen LogP contribution in [0.1, 0.15) is 6.92 Å². The lowest BCUT2D eigenvalue weighted by atomic mass is 10.3. The van der Waals surface area contributed by atoms with Crippen LogP contribution in [0.15, 0.2) is 12.2 Å². The molecule has 7 heteroatoms. The van der Waals surface area contributed by atoms with E-state index in [9.17, 15) is 9.36 Å². The third kappa shape index (κ3) is 6.80. The van der Waals surface area contributed by atoms with Gasteiger partial charge in [0.2, 0.25) is 0 Å². The molecule has 0 radical (unpaired) electrons. The Labute approximate surface area is 81.4 Å². The van der Waals surface area contributed by atoms with Crippen LogP contribution < -0.4 is 0 Å². The van der Waals surface area contributed by atoms with Crippen LogP contribution in [0.25, 0.3) is 0 Å². The van der Waals surface area contributed by atoms with E-state index in [1.54, 1.807) is 0 Å². The van der Waals surface area contributed by atoms with Gasteiger partial charge in [0.15, 0.2) is 0 Å². The van der Waals surface area contributed by atoms with Gasteiger partial charge < -0.3 is 19.6 Å². The van der Waals surface area contributed by atoms with Crippen LogP contribution in [-0.4, -0.2) is 39.7 Å². The lowest BCUT2D eigenvalue weighted by Crippen LogP contribution is -2.22. The quantitative estimate of drug-likeness (QED) is 0.335. The van der Waals surface area contributed by atoms with E-state index in [2.05, 4.69) is 11.3 Å². The summed E-state index contributed by atoms with van der Waals surface area (Å²) < 4.78 is 14.9. The number of esters is 1. The Morgan fingerprint density at radius 2 is 2.07 bits per heavy atom. The van der Waals surface area contributed by atoms with Gasteiger partial charge in [0, 0.05) is 5.57 Å². The fourth-order valence-electron chi connectivity index (χ4n) is 0.622. The average Bonchev–Trinajstić information content (AvgIpc) is 1.96. The first kappa shape index (κ1) is 13.3. The Morgan fingerprint density at radius 3 is 2.43 bits per heavy atom. The monoisotopic (exact) mass is 224 g/mol. The molecule has 0 saturated heterocycles. The van der Waals surface area contributed by atoms with Gasteiger partial charge in [-0.05, 0) is 6.92 Å². The van der Waals surface area contributed by atoms with Gasteiger partial charge in [0.05, 0.1) is 12.3 Å². The predicted octanol–water partition coefficient (Wildman–Crippen LogP) is -0.356. The lowest BCUT2D eigenvalue weighted by molar-refractivity contribution is -0.141. The zero-order valence-corrected chi connectivity index (χ0v) is 8.61. The van der Waals surface area contributed by atoms with Crippen molar-refractivity contribution < 1.29 is 29.0 Å². The van der Waals surface area contributed by atoms with Crippen molar-refractivity contribution in [3.8, 4) is 0 Å². The van der Waals surface area contributed by atoms with Crippen molar-refractivity contribution >= 4 is 13.6 Å². The van der Waals surface area contributed by atoms with Gasteiger partial charge in [-0.2, -0.15) is 0 Å². The number of aliphatic hydroxyl groups excluding tert-OH is 1. The van der Waals surface area contributed by atoms with Gasteiger partial charge in [0.25, 0.3) is 0 Å². The summed E-state index contributed by atoms with van der Waals surface area (Å²) in [4.78, 5) is 27.7. The summed E-state index contributed by atoms with van der Waals surface area (Å²) in [7, 11) is -4.27. The molecule has 0 aromatic heterocycles. The number of hydrogen-bond acceptors (Lipinski definition) is 4. The first-order valence-corrected chi connectivity index (χ1v) is 5.57. The van der Waals surface area contributed by atoms with Gasteiger partial charge >= 0.3 is 13.6 Å². The van der Waals surface area contributed by atoms with E-state index in [4.69, 9.17) is 14.9 Å². The van der Waals surface area contributed by atoms with Crippen LogP contribution in [0.2, 0.25) is 0 Å². The number of ether oxygens (including phenoxy) is 1. The maximum Gasteiger partial charge on any atom is 0.333 e. The molecule has 0 aromatic rings. The van der Waals surface area contributed by atoms with Crippen molar-refractivity contribution in [2.24, 2.45) is 0 Å². The Kier molecular flexibility index (Phi) is 5.01. The SMILES string of the molecule is C=C(C)C(=O)OCC(O)CP(=O)(O)O. The molecule has 82 valence electrons. The lowest BCUT2D eigenvalue weighted by Gasteiger charge is -2.11. The third-order valence-electron chi connectivity index (χ3n) is 1.20. The standard InChI is InChI=1S/C7H13O6P/c1-5(2)7(9)13-3-6(8)4-14(10,11)12/h6,8H,1,3-4H2,2H3,(H2,10,11,12). The minimum absolute atomic E-state index is 0.161. The Morgan fingerprint density at radius 1 is 1.57 bits per heavy atom. The second-order valence-corrected chi connectivity index (χ2v) is 4.57. The molecular formula is C7H13O6P. The van der Waals surface area contributed by atoms with E-state index < -0.39 is 32.4 Å².